The molecule has 8 heteroatoms. The average molecular weight is 416 g/mol. The molecule has 0 saturated carbocycles. The Balaban J connectivity index is 0.00000261. The van der Waals surface area contributed by atoms with Gasteiger partial charge in [0.15, 0.2) is 0 Å². The van der Waals surface area contributed by atoms with Gasteiger partial charge in [0, 0.05) is 19.1 Å². The number of carboxylic acid groups (broad SMARTS) is 1. The van der Waals surface area contributed by atoms with Gasteiger partial charge in [0.05, 0.1) is 23.3 Å². The Bertz CT molecular complexity index is 673. The van der Waals surface area contributed by atoms with Gasteiger partial charge < -0.3 is 10.0 Å². The lowest BCUT2D eigenvalue weighted by atomic mass is 10.1. The molecule has 1 amide bonds. The van der Waals surface area contributed by atoms with Gasteiger partial charge in [-0.2, -0.15) is 0 Å². The zero-order valence-corrected chi connectivity index (χ0v) is 17.1. The van der Waals surface area contributed by atoms with E-state index in [1.165, 1.54) is 0 Å². The molecule has 2 fully saturated rings. The highest BCUT2D eigenvalue weighted by Crippen LogP contribution is 2.31. The smallest absolute Gasteiger partial charge is 0.317 e. The molecule has 0 bridgehead atoms. The Labute approximate surface area is 171 Å². The molecule has 2 atom stereocenters. The Morgan fingerprint density at radius 2 is 1.96 bits per heavy atom. The van der Waals surface area contributed by atoms with Crippen LogP contribution in [-0.2, 0) is 9.59 Å². The van der Waals surface area contributed by atoms with E-state index in [-0.39, 0.29) is 36.9 Å². The van der Waals surface area contributed by atoms with Crippen molar-refractivity contribution in [2.45, 2.75) is 37.8 Å². The van der Waals surface area contributed by atoms with Crippen LogP contribution in [0.25, 0.3) is 0 Å². The molecular formula is C19H27Cl2N3O3. The van der Waals surface area contributed by atoms with E-state index in [4.69, 9.17) is 16.7 Å². The SMILES string of the molecule is CN(CC(=O)O)C1CCCN(C2CCN(c3ccccc3Cl)C2=O)CC1.Cl. The standard InChI is InChI=1S/C19H26ClN3O3.ClH/c1-21(13-18(24)25)14-5-4-10-22(11-8-14)17-9-12-23(19(17)26)16-7-3-2-6-15(16)20;/h2-3,6-7,14,17H,4-5,8-13H2,1H3,(H,24,25);1H. The second-order valence-corrected chi connectivity index (χ2v) is 7.58. The van der Waals surface area contributed by atoms with Gasteiger partial charge in [0.1, 0.15) is 0 Å². The van der Waals surface area contributed by atoms with Crippen molar-refractivity contribution in [3.8, 4) is 0 Å². The third kappa shape index (κ3) is 5.13. The largest absolute Gasteiger partial charge is 0.480 e. The van der Waals surface area contributed by atoms with Crippen LogP contribution in [0.15, 0.2) is 24.3 Å². The number of carbonyl (C=O) groups excluding carboxylic acids is 1. The number of aliphatic carboxylic acids is 1. The lowest BCUT2D eigenvalue weighted by molar-refractivity contribution is -0.138. The van der Waals surface area contributed by atoms with Crippen LogP contribution < -0.4 is 4.90 Å². The van der Waals surface area contributed by atoms with Crippen LogP contribution in [0.1, 0.15) is 25.7 Å². The molecule has 0 aliphatic carbocycles. The zero-order chi connectivity index (χ0) is 18.7. The molecule has 6 nitrogen and oxygen atoms in total. The van der Waals surface area contributed by atoms with Crippen molar-refractivity contribution < 1.29 is 14.7 Å². The summed E-state index contributed by atoms with van der Waals surface area (Å²) in [6.07, 6.45) is 3.64. The Kier molecular flexibility index (Phi) is 7.91. The number of anilines is 1. The van der Waals surface area contributed by atoms with Crippen molar-refractivity contribution in [2.75, 3.05) is 38.1 Å². The number of likely N-dealkylation sites (tertiary alicyclic amines) is 1. The molecule has 27 heavy (non-hydrogen) atoms. The minimum Gasteiger partial charge on any atom is -0.480 e. The van der Waals surface area contributed by atoms with E-state index in [9.17, 15) is 9.59 Å². The van der Waals surface area contributed by atoms with Gasteiger partial charge in [-0.3, -0.25) is 19.4 Å². The van der Waals surface area contributed by atoms with Gasteiger partial charge in [-0.1, -0.05) is 23.7 Å². The zero-order valence-electron chi connectivity index (χ0n) is 15.5. The lowest BCUT2D eigenvalue weighted by Crippen LogP contribution is -2.43. The molecule has 1 aromatic rings. The number of para-hydroxylation sites is 1. The molecule has 1 N–H and O–H groups in total. The summed E-state index contributed by atoms with van der Waals surface area (Å²) in [4.78, 5) is 29.9. The molecule has 2 aliphatic heterocycles. The maximum absolute atomic E-state index is 13.0. The van der Waals surface area contributed by atoms with E-state index >= 15 is 0 Å². The number of halogens is 2. The fourth-order valence-corrected chi connectivity index (χ4v) is 4.35. The van der Waals surface area contributed by atoms with E-state index in [2.05, 4.69) is 4.90 Å². The highest BCUT2D eigenvalue weighted by molar-refractivity contribution is 6.33. The van der Waals surface area contributed by atoms with E-state index in [0.29, 0.717) is 11.6 Å². The van der Waals surface area contributed by atoms with Gasteiger partial charge in [-0.15, -0.1) is 12.4 Å². The minimum absolute atomic E-state index is 0. The molecule has 0 spiro atoms. The Hall–Kier alpha value is -1.34. The second-order valence-electron chi connectivity index (χ2n) is 7.18. The maximum Gasteiger partial charge on any atom is 0.317 e. The quantitative estimate of drug-likeness (QED) is 0.800. The van der Waals surface area contributed by atoms with Gasteiger partial charge in [0.2, 0.25) is 5.91 Å². The summed E-state index contributed by atoms with van der Waals surface area (Å²) >= 11 is 6.26. The van der Waals surface area contributed by atoms with Crippen molar-refractivity contribution in [3.63, 3.8) is 0 Å². The fraction of sp³-hybridized carbons (Fsp3) is 0.579. The van der Waals surface area contributed by atoms with Gasteiger partial charge in [0.25, 0.3) is 0 Å². The molecule has 2 saturated heterocycles. The molecule has 2 heterocycles. The molecule has 3 rings (SSSR count). The number of likely N-dealkylation sites (N-methyl/N-ethyl adjacent to an activating group) is 1. The molecule has 150 valence electrons. The van der Waals surface area contributed by atoms with Crippen LogP contribution in [0.2, 0.25) is 5.02 Å². The van der Waals surface area contributed by atoms with Crippen molar-refractivity contribution >= 4 is 41.6 Å². The number of carbonyl (C=O) groups is 2. The van der Waals surface area contributed by atoms with E-state index in [0.717, 1.165) is 44.5 Å². The van der Waals surface area contributed by atoms with Crippen molar-refractivity contribution in [2.24, 2.45) is 0 Å². The van der Waals surface area contributed by atoms with Crippen LogP contribution in [0.5, 0.6) is 0 Å². The highest BCUT2D eigenvalue weighted by Gasteiger charge is 2.38. The number of nitrogens with zero attached hydrogens (tertiary/aromatic N) is 3. The molecule has 0 radical (unpaired) electrons. The Morgan fingerprint density at radius 1 is 1.22 bits per heavy atom. The summed E-state index contributed by atoms with van der Waals surface area (Å²) in [5.41, 5.74) is 0.788. The predicted molar refractivity (Wildman–Crippen MR) is 109 cm³/mol. The second kappa shape index (κ2) is 9.73. The maximum atomic E-state index is 13.0. The van der Waals surface area contributed by atoms with Crippen LogP contribution in [-0.4, -0.2) is 72.1 Å². The van der Waals surface area contributed by atoms with Gasteiger partial charge >= 0.3 is 5.97 Å². The summed E-state index contributed by atoms with van der Waals surface area (Å²) in [6, 6.07) is 7.62. The summed E-state index contributed by atoms with van der Waals surface area (Å²) in [5, 5.41) is 9.60. The first kappa shape index (κ1) is 22.0. The Morgan fingerprint density at radius 3 is 2.67 bits per heavy atom. The number of rotatable bonds is 5. The van der Waals surface area contributed by atoms with Crippen molar-refractivity contribution in [1.29, 1.82) is 0 Å². The van der Waals surface area contributed by atoms with Crippen LogP contribution >= 0.6 is 24.0 Å². The summed E-state index contributed by atoms with van der Waals surface area (Å²) in [7, 11) is 1.87. The fourth-order valence-electron chi connectivity index (χ4n) is 4.11. The topological polar surface area (TPSA) is 64.1 Å². The number of benzene rings is 1. The van der Waals surface area contributed by atoms with Crippen LogP contribution in [0, 0.1) is 0 Å². The lowest BCUT2D eigenvalue weighted by Gasteiger charge is -2.28. The van der Waals surface area contributed by atoms with Crippen LogP contribution in [0.3, 0.4) is 0 Å². The number of carboxylic acids is 1. The molecule has 1 aromatic carbocycles. The monoisotopic (exact) mass is 415 g/mol. The minimum atomic E-state index is -0.796. The van der Waals surface area contributed by atoms with Crippen molar-refractivity contribution in [1.82, 2.24) is 9.80 Å². The summed E-state index contributed by atoms with van der Waals surface area (Å²) in [6.45, 7) is 2.45. The number of amides is 1. The van der Waals surface area contributed by atoms with E-state index < -0.39 is 5.97 Å². The molecule has 0 aromatic heterocycles. The third-order valence-corrected chi connectivity index (χ3v) is 5.82. The highest BCUT2D eigenvalue weighted by atomic mass is 35.5. The molecule has 2 unspecified atom stereocenters. The van der Waals surface area contributed by atoms with Gasteiger partial charge in [-0.25, -0.2) is 0 Å². The first-order valence-electron chi connectivity index (χ1n) is 9.19. The summed E-state index contributed by atoms with van der Waals surface area (Å²) in [5.74, 6) is -0.676. The van der Waals surface area contributed by atoms with Crippen LogP contribution in [0.4, 0.5) is 5.69 Å². The first-order valence-corrected chi connectivity index (χ1v) is 9.57. The normalized spacial score (nSPS) is 24.0. The van der Waals surface area contributed by atoms with Gasteiger partial charge in [-0.05, 0) is 51.4 Å². The molecule has 2 aliphatic rings. The molecular weight excluding hydrogens is 389 g/mol. The average Bonchev–Trinajstić information content (AvgIpc) is 2.82. The number of hydrogen-bond acceptors (Lipinski definition) is 4. The van der Waals surface area contributed by atoms with E-state index in [1.54, 1.807) is 4.90 Å². The summed E-state index contributed by atoms with van der Waals surface area (Å²) < 4.78 is 0. The third-order valence-electron chi connectivity index (χ3n) is 5.50. The number of hydrogen-bond donors (Lipinski definition) is 1. The van der Waals surface area contributed by atoms with E-state index in [1.807, 2.05) is 36.2 Å². The first-order chi connectivity index (χ1) is 12.5. The van der Waals surface area contributed by atoms with Crippen molar-refractivity contribution in [3.05, 3.63) is 29.3 Å². The predicted octanol–water partition coefficient (Wildman–Crippen LogP) is 2.74.